The molecule has 0 aliphatic carbocycles. The molecule has 2 aliphatic heterocycles. The van der Waals surface area contributed by atoms with Crippen molar-refractivity contribution in [1.29, 1.82) is 0 Å². The highest BCUT2D eigenvalue weighted by molar-refractivity contribution is 6.40. The van der Waals surface area contributed by atoms with Crippen molar-refractivity contribution in [1.82, 2.24) is 9.80 Å². The first-order valence-electron chi connectivity index (χ1n) is 11.9. The van der Waals surface area contributed by atoms with Gasteiger partial charge in [-0.15, -0.1) is 0 Å². The Kier molecular flexibility index (Phi) is 7.86. The summed E-state index contributed by atoms with van der Waals surface area (Å²) in [6, 6.07) is 7.10. The molecule has 2 saturated heterocycles. The van der Waals surface area contributed by atoms with Gasteiger partial charge in [0.25, 0.3) is 11.8 Å². The molecule has 35 heavy (non-hydrogen) atoms. The van der Waals surface area contributed by atoms with Crippen LogP contribution in [0.3, 0.4) is 0 Å². The van der Waals surface area contributed by atoms with Crippen molar-refractivity contribution in [2.24, 2.45) is 11.8 Å². The zero-order valence-corrected chi connectivity index (χ0v) is 21.4. The molecule has 5 nitrogen and oxygen atoms in total. The fourth-order valence-corrected chi connectivity index (χ4v) is 5.87. The van der Waals surface area contributed by atoms with E-state index >= 15 is 0 Å². The van der Waals surface area contributed by atoms with E-state index in [0.29, 0.717) is 40.5 Å². The number of benzene rings is 2. The zero-order valence-electron chi connectivity index (χ0n) is 19.9. The maximum atomic E-state index is 14.0. The molecule has 0 radical (unpaired) electrons. The van der Waals surface area contributed by atoms with Crippen molar-refractivity contribution in [3.8, 4) is 0 Å². The molecule has 2 aliphatic rings. The Bertz CT molecular complexity index is 1070. The van der Waals surface area contributed by atoms with Gasteiger partial charge in [0.2, 0.25) is 0 Å². The van der Waals surface area contributed by atoms with E-state index in [0.717, 1.165) is 56.6 Å². The van der Waals surface area contributed by atoms with E-state index in [-0.39, 0.29) is 5.91 Å². The third kappa shape index (κ3) is 5.41. The van der Waals surface area contributed by atoms with Crippen molar-refractivity contribution in [3.05, 3.63) is 63.1 Å². The van der Waals surface area contributed by atoms with Crippen LogP contribution < -0.4 is 4.90 Å². The predicted octanol–water partition coefficient (Wildman–Crippen LogP) is 5.74. The Balaban J connectivity index is 1.33. The van der Waals surface area contributed by atoms with Gasteiger partial charge in [0.1, 0.15) is 17.2 Å². The van der Waals surface area contributed by atoms with Gasteiger partial charge in [0, 0.05) is 46.0 Å². The molecule has 2 heterocycles. The average Bonchev–Trinajstić information content (AvgIpc) is 2.83. The Labute approximate surface area is 214 Å². The lowest BCUT2D eigenvalue weighted by molar-refractivity contribution is 0.0636. The summed E-state index contributed by atoms with van der Waals surface area (Å²) in [4.78, 5) is 30.3. The normalized spacial score (nSPS) is 17.5. The van der Waals surface area contributed by atoms with E-state index < -0.39 is 23.1 Å². The lowest BCUT2D eigenvalue weighted by Crippen LogP contribution is -2.43. The minimum atomic E-state index is -0.816. The summed E-state index contributed by atoms with van der Waals surface area (Å²) in [5.74, 6) is -1.44. The highest BCUT2D eigenvalue weighted by Crippen LogP contribution is 2.37. The number of anilines is 1. The number of hydrogen-bond acceptors (Lipinski definition) is 3. The van der Waals surface area contributed by atoms with Crippen LogP contribution in [0.4, 0.5) is 14.5 Å². The van der Waals surface area contributed by atoms with Crippen LogP contribution in [-0.2, 0) is 0 Å². The van der Waals surface area contributed by atoms with E-state index in [4.69, 9.17) is 23.2 Å². The number of amides is 2. The molecule has 0 spiro atoms. The highest BCUT2D eigenvalue weighted by atomic mass is 35.5. The van der Waals surface area contributed by atoms with E-state index in [1.165, 1.54) is 11.0 Å². The van der Waals surface area contributed by atoms with Gasteiger partial charge in [-0.05, 0) is 61.8 Å². The fraction of sp³-hybridized carbons (Fsp3) is 0.462. The summed E-state index contributed by atoms with van der Waals surface area (Å²) in [5, 5.41) is 0.688. The minimum absolute atomic E-state index is 0.229. The van der Waals surface area contributed by atoms with E-state index in [1.807, 2.05) is 0 Å². The summed E-state index contributed by atoms with van der Waals surface area (Å²) < 4.78 is 28.0. The first kappa shape index (κ1) is 25.7. The fourth-order valence-electron chi connectivity index (χ4n) is 5.23. The molecule has 2 aromatic rings. The van der Waals surface area contributed by atoms with Gasteiger partial charge < -0.3 is 14.7 Å². The maximum absolute atomic E-state index is 14.0. The van der Waals surface area contributed by atoms with Crippen LogP contribution in [0.25, 0.3) is 0 Å². The molecular weight excluding hydrogens is 495 g/mol. The molecule has 4 rings (SSSR count). The van der Waals surface area contributed by atoms with Gasteiger partial charge in [0.15, 0.2) is 0 Å². The van der Waals surface area contributed by atoms with Crippen LogP contribution in [0.1, 0.15) is 46.4 Å². The molecule has 0 bridgehead atoms. The Morgan fingerprint density at radius 1 is 0.857 bits per heavy atom. The molecule has 0 atom stereocenters. The molecule has 2 fully saturated rings. The van der Waals surface area contributed by atoms with Gasteiger partial charge in [-0.1, -0.05) is 29.3 Å². The van der Waals surface area contributed by atoms with E-state index in [2.05, 4.69) is 4.90 Å². The lowest BCUT2D eigenvalue weighted by Gasteiger charge is -2.41. The van der Waals surface area contributed by atoms with Gasteiger partial charge in [-0.25, -0.2) is 8.78 Å². The Hall–Kier alpha value is -2.38. The standard InChI is InChI=1S/C26H29Cl2F2N3O2/c1-31(2)25(34)23-19(27)14-18(15-20(23)28)32-10-6-16(7-11-32)17-8-12-33(13-9-17)26(35)24-21(29)4-3-5-22(24)30/h3-5,14-17H,6-13H2,1-2H3. The SMILES string of the molecule is CN(C)C(=O)c1c(Cl)cc(N2CCC(C3CCN(C(=O)c4c(F)cccc4F)CC3)CC2)cc1Cl. The number of carbonyl (C=O) groups excluding carboxylic acids is 2. The van der Waals surface area contributed by atoms with Crippen molar-refractivity contribution >= 4 is 40.7 Å². The van der Waals surface area contributed by atoms with Crippen LogP contribution >= 0.6 is 23.2 Å². The second-order valence-corrected chi connectivity index (χ2v) is 10.3. The van der Waals surface area contributed by atoms with Gasteiger partial charge in [0.05, 0.1) is 15.6 Å². The summed E-state index contributed by atoms with van der Waals surface area (Å²) in [6.07, 6.45) is 3.64. The summed E-state index contributed by atoms with van der Waals surface area (Å²) in [5.41, 5.74) is 0.754. The van der Waals surface area contributed by atoms with Crippen molar-refractivity contribution in [3.63, 3.8) is 0 Å². The van der Waals surface area contributed by atoms with Crippen LogP contribution in [-0.4, -0.2) is 61.9 Å². The van der Waals surface area contributed by atoms with Gasteiger partial charge in [-0.2, -0.15) is 0 Å². The summed E-state index contributed by atoms with van der Waals surface area (Å²) in [6.45, 7) is 2.70. The highest BCUT2D eigenvalue weighted by Gasteiger charge is 2.33. The third-order valence-electron chi connectivity index (χ3n) is 7.22. The van der Waals surface area contributed by atoms with Crippen molar-refractivity contribution in [2.75, 3.05) is 45.2 Å². The van der Waals surface area contributed by atoms with Crippen LogP contribution in [0.15, 0.2) is 30.3 Å². The zero-order chi connectivity index (χ0) is 25.3. The number of carbonyl (C=O) groups is 2. The monoisotopic (exact) mass is 523 g/mol. The number of likely N-dealkylation sites (tertiary alicyclic amines) is 1. The molecule has 2 aromatic carbocycles. The molecule has 188 valence electrons. The molecule has 0 unspecified atom stereocenters. The molecule has 0 saturated carbocycles. The number of nitrogens with zero attached hydrogens (tertiary/aromatic N) is 3. The van der Waals surface area contributed by atoms with E-state index in [9.17, 15) is 18.4 Å². The van der Waals surface area contributed by atoms with Crippen LogP contribution in [0.2, 0.25) is 10.0 Å². The topological polar surface area (TPSA) is 43.9 Å². The quantitative estimate of drug-likeness (QED) is 0.513. The molecule has 0 aromatic heterocycles. The van der Waals surface area contributed by atoms with Crippen LogP contribution in [0, 0.1) is 23.5 Å². The third-order valence-corrected chi connectivity index (χ3v) is 7.82. The molecule has 9 heteroatoms. The first-order valence-corrected chi connectivity index (χ1v) is 12.6. The first-order chi connectivity index (χ1) is 16.7. The second kappa shape index (κ2) is 10.7. The average molecular weight is 524 g/mol. The van der Waals surface area contributed by atoms with E-state index in [1.54, 1.807) is 31.1 Å². The predicted molar refractivity (Wildman–Crippen MR) is 134 cm³/mol. The van der Waals surface area contributed by atoms with Crippen molar-refractivity contribution in [2.45, 2.75) is 25.7 Å². The minimum Gasteiger partial charge on any atom is -0.371 e. The number of rotatable bonds is 4. The molecular formula is C26H29Cl2F2N3O2. The maximum Gasteiger partial charge on any atom is 0.259 e. The van der Waals surface area contributed by atoms with Crippen molar-refractivity contribution < 1.29 is 18.4 Å². The largest absolute Gasteiger partial charge is 0.371 e. The summed E-state index contributed by atoms with van der Waals surface area (Å²) >= 11 is 12.8. The number of piperidine rings is 2. The molecule has 2 amide bonds. The lowest BCUT2D eigenvalue weighted by atomic mass is 9.78. The summed E-state index contributed by atoms with van der Waals surface area (Å²) in [7, 11) is 3.32. The smallest absolute Gasteiger partial charge is 0.259 e. The Morgan fingerprint density at radius 3 is 1.83 bits per heavy atom. The van der Waals surface area contributed by atoms with Gasteiger partial charge in [-0.3, -0.25) is 9.59 Å². The second-order valence-electron chi connectivity index (χ2n) is 9.53. The Morgan fingerprint density at radius 2 is 1.34 bits per heavy atom. The van der Waals surface area contributed by atoms with Gasteiger partial charge >= 0.3 is 0 Å². The number of halogens is 4. The molecule has 0 N–H and O–H groups in total. The number of hydrogen-bond donors (Lipinski definition) is 0. The van der Waals surface area contributed by atoms with Crippen LogP contribution in [0.5, 0.6) is 0 Å².